The first-order chi connectivity index (χ1) is 12.9. The second-order valence-corrected chi connectivity index (χ2v) is 6.62. The molecule has 2 N–H and O–H groups in total. The predicted molar refractivity (Wildman–Crippen MR) is 110 cm³/mol. The number of non-ortho nitro benzene ring substituents is 1. The second kappa shape index (κ2) is 7.69. The number of thiocarbonyl (C=S) groups is 1. The molecule has 0 aliphatic heterocycles. The molecule has 0 atom stereocenters. The van der Waals surface area contributed by atoms with E-state index in [1.165, 1.54) is 12.1 Å². The number of nitro benzene ring substituents is 1. The zero-order valence-electron chi connectivity index (χ0n) is 14.2. The fourth-order valence-corrected chi connectivity index (χ4v) is 3.14. The Morgan fingerprint density at radius 3 is 2.52 bits per heavy atom. The third-order valence-corrected chi connectivity index (χ3v) is 4.54. The van der Waals surface area contributed by atoms with Gasteiger partial charge in [0.15, 0.2) is 5.11 Å². The number of hydrogen-bond acceptors (Lipinski definition) is 4. The lowest BCUT2D eigenvalue weighted by Gasteiger charge is -2.13. The molecule has 27 heavy (non-hydrogen) atoms. The molecule has 0 unspecified atom stereocenters. The number of carbonyl (C=O) groups excluding carboxylic acids is 1. The maximum absolute atomic E-state index is 12.6. The van der Waals surface area contributed by atoms with Gasteiger partial charge in [0.2, 0.25) is 0 Å². The van der Waals surface area contributed by atoms with Crippen molar-refractivity contribution in [2.45, 2.75) is 6.92 Å². The van der Waals surface area contributed by atoms with Crippen LogP contribution in [0.1, 0.15) is 15.9 Å². The van der Waals surface area contributed by atoms with Gasteiger partial charge in [0.1, 0.15) is 0 Å². The molecule has 0 fully saturated rings. The Morgan fingerprint density at radius 1 is 1.11 bits per heavy atom. The van der Waals surface area contributed by atoms with Crippen LogP contribution in [0.25, 0.3) is 10.8 Å². The van der Waals surface area contributed by atoms with Gasteiger partial charge in [-0.25, -0.2) is 0 Å². The molecule has 3 aromatic rings. The lowest BCUT2D eigenvalue weighted by molar-refractivity contribution is -0.384. The van der Waals surface area contributed by atoms with Crippen molar-refractivity contribution in [3.8, 4) is 0 Å². The van der Waals surface area contributed by atoms with Gasteiger partial charge in [-0.05, 0) is 48.3 Å². The van der Waals surface area contributed by atoms with E-state index in [0.717, 1.165) is 10.8 Å². The summed E-state index contributed by atoms with van der Waals surface area (Å²) in [6.45, 7) is 1.71. The summed E-state index contributed by atoms with van der Waals surface area (Å²) in [7, 11) is 0. The van der Waals surface area contributed by atoms with Gasteiger partial charge in [-0.15, -0.1) is 0 Å². The van der Waals surface area contributed by atoms with E-state index in [1.54, 1.807) is 37.3 Å². The highest BCUT2D eigenvalue weighted by atomic mass is 35.5. The van der Waals surface area contributed by atoms with Crippen molar-refractivity contribution in [2.24, 2.45) is 0 Å². The van der Waals surface area contributed by atoms with E-state index < -0.39 is 4.92 Å². The van der Waals surface area contributed by atoms with Crippen LogP contribution in [-0.4, -0.2) is 15.9 Å². The van der Waals surface area contributed by atoms with E-state index in [2.05, 4.69) is 10.6 Å². The van der Waals surface area contributed by atoms with Crippen LogP contribution in [0.15, 0.2) is 54.6 Å². The van der Waals surface area contributed by atoms with Crippen LogP contribution in [0.3, 0.4) is 0 Å². The van der Waals surface area contributed by atoms with Gasteiger partial charge in [0, 0.05) is 33.8 Å². The van der Waals surface area contributed by atoms with Crippen molar-refractivity contribution in [3.05, 3.63) is 80.9 Å². The first kappa shape index (κ1) is 18.8. The number of nitrogens with one attached hydrogen (secondary N) is 2. The maximum Gasteiger partial charge on any atom is 0.269 e. The summed E-state index contributed by atoms with van der Waals surface area (Å²) in [5, 5.41) is 18.5. The normalized spacial score (nSPS) is 10.4. The summed E-state index contributed by atoms with van der Waals surface area (Å²) < 4.78 is 0. The summed E-state index contributed by atoms with van der Waals surface area (Å²) in [5.41, 5.74) is 1.64. The number of halogens is 1. The van der Waals surface area contributed by atoms with E-state index in [0.29, 0.717) is 21.8 Å². The topological polar surface area (TPSA) is 84.3 Å². The lowest BCUT2D eigenvalue weighted by Crippen LogP contribution is -2.34. The maximum atomic E-state index is 12.6. The number of nitro groups is 1. The third kappa shape index (κ3) is 4.05. The summed E-state index contributed by atoms with van der Waals surface area (Å²) in [5.74, 6) is -0.375. The number of amides is 1. The minimum Gasteiger partial charge on any atom is -0.332 e. The number of fused-ring (bicyclic) bond motifs is 1. The Labute approximate surface area is 165 Å². The number of nitrogens with zero attached hydrogens (tertiary/aromatic N) is 1. The highest BCUT2D eigenvalue weighted by Crippen LogP contribution is 2.26. The predicted octanol–water partition coefficient (Wildman–Crippen LogP) is 4.84. The average molecular weight is 400 g/mol. The van der Waals surface area contributed by atoms with Crippen molar-refractivity contribution in [1.82, 2.24) is 5.32 Å². The second-order valence-electron chi connectivity index (χ2n) is 5.81. The van der Waals surface area contributed by atoms with E-state index in [4.69, 9.17) is 23.8 Å². The SMILES string of the molecule is Cc1cc([N+](=O)[O-])ccc1NC(=S)NC(=O)c1cccc2c(Cl)cccc12. The molecule has 136 valence electrons. The average Bonchev–Trinajstić information content (AvgIpc) is 2.63. The van der Waals surface area contributed by atoms with Gasteiger partial charge in [0.05, 0.1) is 4.92 Å². The monoisotopic (exact) mass is 399 g/mol. The van der Waals surface area contributed by atoms with Crippen LogP contribution in [0.5, 0.6) is 0 Å². The van der Waals surface area contributed by atoms with Crippen LogP contribution >= 0.6 is 23.8 Å². The molecule has 0 aromatic heterocycles. The number of hydrogen-bond donors (Lipinski definition) is 2. The highest BCUT2D eigenvalue weighted by molar-refractivity contribution is 7.80. The Bertz CT molecular complexity index is 1080. The number of rotatable bonds is 3. The number of carbonyl (C=O) groups is 1. The first-order valence-corrected chi connectivity index (χ1v) is 8.70. The van der Waals surface area contributed by atoms with Crippen LogP contribution in [0.4, 0.5) is 11.4 Å². The number of anilines is 1. The van der Waals surface area contributed by atoms with Crippen LogP contribution < -0.4 is 10.6 Å². The zero-order valence-corrected chi connectivity index (χ0v) is 15.7. The van der Waals surface area contributed by atoms with Gasteiger partial charge in [-0.3, -0.25) is 20.2 Å². The Morgan fingerprint density at radius 2 is 1.81 bits per heavy atom. The Hall–Kier alpha value is -3.03. The molecule has 0 saturated carbocycles. The van der Waals surface area contributed by atoms with E-state index >= 15 is 0 Å². The van der Waals surface area contributed by atoms with Gasteiger partial charge in [-0.2, -0.15) is 0 Å². The van der Waals surface area contributed by atoms with E-state index in [9.17, 15) is 14.9 Å². The summed E-state index contributed by atoms with van der Waals surface area (Å²) >= 11 is 11.4. The molecule has 8 heteroatoms. The molecule has 0 bridgehead atoms. The minimum absolute atomic E-state index is 0.0133. The summed E-state index contributed by atoms with van der Waals surface area (Å²) in [6, 6.07) is 15.0. The van der Waals surface area contributed by atoms with Crippen molar-refractivity contribution >= 4 is 57.0 Å². The molecular weight excluding hydrogens is 386 g/mol. The molecule has 0 saturated heterocycles. The van der Waals surface area contributed by atoms with Crippen molar-refractivity contribution < 1.29 is 9.72 Å². The standard InChI is InChI=1S/C19H14ClN3O3S/c1-11-10-12(23(25)26)8-9-17(11)21-19(27)22-18(24)15-6-2-5-14-13(15)4-3-7-16(14)20/h2-10H,1H3,(H2,21,22,24,27). The fourth-order valence-electron chi connectivity index (χ4n) is 2.70. The molecule has 0 aliphatic rings. The van der Waals surface area contributed by atoms with Crippen LogP contribution in [0.2, 0.25) is 5.02 Å². The van der Waals surface area contributed by atoms with E-state index in [1.807, 2.05) is 12.1 Å². The quantitative estimate of drug-likeness (QED) is 0.374. The minimum atomic E-state index is -0.470. The van der Waals surface area contributed by atoms with Crippen molar-refractivity contribution in [2.75, 3.05) is 5.32 Å². The molecule has 0 heterocycles. The zero-order chi connectivity index (χ0) is 19.6. The smallest absolute Gasteiger partial charge is 0.269 e. The Kier molecular flexibility index (Phi) is 5.34. The summed E-state index contributed by atoms with van der Waals surface area (Å²) in [4.78, 5) is 23.0. The first-order valence-electron chi connectivity index (χ1n) is 7.91. The number of benzene rings is 3. The lowest BCUT2D eigenvalue weighted by atomic mass is 10.0. The molecule has 0 aliphatic carbocycles. The van der Waals surface area contributed by atoms with Crippen molar-refractivity contribution in [1.29, 1.82) is 0 Å². The van der Waals surface area contributed by atoms with E-state index in [-0.39, 0.29) is 16.7 Å². The molecule has 1 amide bonds. The molecule has 3 rings (SSSR count). The van der Waals surface area contributed by atoms with Gasteiger partial charge in [0.25, 0.3) is 11.6 Å². The molecule has 0 radical (unpaired) electrons. The Balaban J connectivity index is 1.78. The summed E-state index contributed by atoms with van der Waals surface area (Å²) in [6.07, 6.45) is 0. The molecule has 6 nitrogen and oxygen atoms in total. The highest BCUT2D eigenvalue weighted by Gasteiger charge is 2.14. The largest absolute Gasteiger partial charge is 0.332 e. The third-order valence-electron chi connectivity index (χ3n) is 4.01. The van der Waals surface area contributed by atoms with Crippen LogP contribution in [-0.2, 0) is 0 Å². The molecule has 0 spiro atoms. The molecular formula is C19H14ClN3O3S. The van der Waals surface area contributed by atoms with Gasteiger partial charge in [-0.1, -0.05) is 35.9 Å². The van der Waals surface area contributed by atoms with Gasteiger partial charge < -0.3 is 5.32 Å². The van der Waals surface area contributed by atoms with Gasteiger partial charge >= 0.3 is 0 Å². The fraction of sp³-hybridized carbons (Fsp3) is 0.0526. The number of aryl methyl sites for hydroxylation is 1. The van der Waals surface area contributed by atoms with Crippen molar-refractivity contribution in [3.63, 3.8) is 0 Å². The van der Waals surface area contributed by atoms with Crippen LogP contribution in [0, 0.1) is 17.0 Å². The molecule has 3 aromatic carbocycles.